The lowest BCUT2D eigenvalue weighted by Crippen LogP contribution is -2.57. The monoisotopic (exact) mass is 511 g/mol. The van der Waals surface area contributed by atoms with Crippen LogP contribution in [0, 0.1) is 5.92 Å². The average molecular weight is 512 g/mol. The Hall–Kier alpha value is -2.78. The van der Waals surface area contributed by atoms with Gasteiger partial charge < -0.3 is 20.9 Å². The number of hydrogen-bond donors (Lipinski definition) is 3. The normalized spacial score (nSPS) is 25.6. The number of carbonyl (C=O) groups is 4. The first-order chi connectivity index (χ1) is 17.5. The maximum absolute atomic E-state index is 13.6. The number of rotatable bonds is 8. The van der Waals surface area contributed by atoms with Crippen LogP contribution in [0.15, 0.2) is 24.3 Å². The van der Waals surface area contributed by atoms with Crippen molar-refractivity contribution in [1.82, 2.24) is 15.5 Å². The Kier molecular flexibility index (Phi) is 8.04. The summed E-state index contributed by atoms with van der Waals surface area (Å²) in [6.45, 7) is 4.05. The molecule has 4 atom stereocenters. The zero-order valence-electron chi connectivity index (χ0n) is 22.5. The van der Waals surface area contributed by atoms with Crippen molar-refractivity contribution in [2.45, 2.75) is 88.5 Å². The van der Waals surface area contributed by atoms with Crippen molar-refractivity contribution in [3.63, 3.8) is 0 Å². The van der Waals surface area contributed by atoms with E-state index in [9.17, 15) is 19.2 Å². The van der Waals surface area contributed by atoms with Gasteiger partial charge in [-0.15, -0.1) is 0 Å². The number of amides is 2. The zero-order chi connectivity index (χ0) is 26.9. The van der Waals surface area contributed by atoms with Gasteiger partial charge in [0.25, 0.3) is 5.91 Å². The van der Waals surface area contributed by atoms with E-state index in [0.29, 0.717) is 31.2 Å². The zero-order valence-corrected chi connectivity index (χ0v) is 22.5. The van der Waals surface area contributed by atoms with Gasteiger partial charge in [-0.2, -0.15) is 0 Å². The van der Waals surface area contributed by atoms with Gasteiger partial charge in [0.15, 0.2) is 11.6 Å². The maximum Gasteiger partial charge on any atom is 0.251 e. The van der Waals surface area contributed by atoms with Gasteiger partial charge in [-0.05, 0) is 55.9 Å². The molecule has 4 rings (SSSR count). The second-order valence-corrected chi connectivity index (χ2v) is 11.6. The van der Waals surface area contributed by atoms with Crippen LogP contribution < -0.4 is 21.3 Å². The van der Waals surface area contributed by atoms with Gasteiger partial charge in [0, 0.05) is 25.3 Å². The van der Waals surface area contributed by atoms with Crippen LogP contribution in [0.5, 0.6) is 0 Å². The molecular formula is C28H41N5O4. The van der Waals surface area contributed by atoms with E-state index in [0.717, 1.165) is 24.9 Å². The smallest absolute Gasteiger partial charge is 0.251 e. The molecule has 9 nitrogen and oxygen atoms in total. The maximum atomic E-state index is 13.6. The molecule has 3 fully saturated rings. The summed E-state index contributed by atoms with van der Waals surface area (Å²) in [5.74, 6) is -0.538. The summed E-state index contributed by atoms with van der Waals surface area (Å²) in [7, 11) is 3.86. The molecule has 0 aromatic heterocycles. The van der Waals surface area contributed by atoms with Crippen LogP contribution in [0.3, 0.4) is 0 Å². The Bertz CT molecular complexity index is 1030. The number of fused-ring (bicyclic) bond motifs is 1. The molecule has 37 heavy (non-hydrogen) atoms. The van der Waals surface area contributed by atoms with Crippen LogP contribution in [-0.2, 0) is 14.4 Å². The highest BCUT2D eigenvalue weighted by atomic mass is 16.2. The number of ketones is 2. The Morgan fingerprint density at radius 2 is 1.78 bits per heavy atom. The van der Waals surface area contributed by atoms with E-state index in [1.54, 1.807) is 17.0 Å². The quantitative estimate of drug-likeness (QED) is 0.485. The molecule has 1 aromatic rings. The molecule has 9 heteroatoms. The lowest BCUT2D eigenvalue weighted by molar-refractivity contribution is -0.140. The van der Waals surface area contributed by atoms with Gasteiger partial charge in [0.2, 0.25) is 5.91 Å². The highest BCUT2D eigenvalue weighted by Crippen LogP contribution is 2.33. The molecule has 1 saturated carbocycles. The number of benzene rings is 1. The highest BCUT2D eigenvalue weighted by Gasteiger charge is 2.54. The molecule has 1 aliphatic carbocycles. The Morgan fingerprint density at radius 1 is 1.14 bits per heavy atom. The van der Waals surface area contributed by atoms with Crippen LogP contribution in [-0.4, -0.2) is 78.6 Å². The number of likely N-dealkylation sites (tertiary alicyclic amines) is 1. The number of nitrogens with zero attached hydrogens (tertiary/aromatic N) is 2. The van der Waals surface area contributed by atoms with Crippen molar-refractivity contribution < 1.29 is 19.2 Å². The second-order valence-electron chi connectivity index (χ2n) is 11.6. The fraction of sp³-hybridized carbons (Fsp3) is 0.643. The molecule has 3 aliphatic rings. The molecule has 2 saturated heterocycles. The number of nitrogens with one attached hydrogen (secondary N) is 2. The van der Waals surface area contributed by atoms with Crippen LogP contribution in [0.2, 0.25) is 0 Å². The summed E-state index contributed by atoms with van der Waals surface area (Å²) in [5.41, 5.74) is 7.04. The molecule has 1 aromatic carbocycles. The fourth-order valence-electron chi connectivity index (χ4n) is 5.99. The Morgan fingerprint density at radius 3 is 2.38 bits per heavy atom. The lowest BCUT2D eigenvalue weighted by atomic mass is 9.81. The second kappa shape index (κ2) is 10.9. The SMILES string of the molecule is CC(C)CC(NC(=O)c1ccc(N(C)C)cc1)C(=O)C1CC2C(N1)C(=O)CN2C(=O)C1(N)CCCCC1. The largest absolute Gasteiger partial charge is 0.378 e. The third-order valence-corrected chi connectivity index (χ3v) is 8.09. The average Bonchev–Trinajstić information content (AvgIpc) is 3.43. The molecule has 0 bridgehead atoms. The third kappa shape index (κ3) is 5.72. The van der Waals surface area contributed by atoms with E-state index in [2.05, 4.69) is 10.6 Å². The molecular weight excluding hydrogens is 470 g/mol. The summed E-state index contributed by atoms with van der Waals surface area (Å²) in [5, 5.41) is 6.13. The minimum Gasteiger partial charge on any atom is -0.378 e. The molecule has 2 heterocycles. The minimum atomic E-state index is -0.925. The number of carbonyl (C=O) groups excluding carboxylic acids is 4. The molecule has 0 spiro atoms. The van der Waals surface area contributed by atoms with E-state index >= 15 is 0 Å². The molecule has 202 valence electrons. The van der Waals surface area contributed by atoms with Crippen molar-refractivity contribution in [2.24, 2.45) is 11.7 Å². The van der Waals surface area contributed by atoms with Crippen molar-refractivity contribution in [2.75, 3.05) is 25.5 Å². The van der Waals surface area contributed by atoms with Gasteiger partial charge in [-0.25, -0.2) is 0 Å². The van der Waals surface area contributed by atoms with Crippen LogP contribution >= 0.6 is 0 Å². The lowest BCUT2D eigenvalue weighted by Gasteiger charge is -2.37. The first-order valence-electron chi connectivity index (χ1n) is 13.5. The van der Waals surface area contributed by atoms with Crippen LogP contribution in [0.1, 0.15) is 69.2 Å². The van der Waals surface area contributed by atoms with E-state index in [1.807, 2.05) is 45.0 Å². The van der Waals surface area contributed by atoms with Crippen LogP contribution in [0.4, 0.5) is 5.69 Å². The predicted octanol–water partition coefficient (Wildman–Crippen LogP) is 1.64. The number of anilines is 1. The van der Waals surface area contributed by atoms with E-state index < -0.39 is 23.7 Å². The standard InChI is InChI=1S/C28H41N5O4/c1-17(2)14-20(31-26(36)18-8-10-19(11-9-18)32(3)4)25(35)21-15-22-24(30-21)23(34)16-33(22)27(37)28(29)12-6-5-7-13-28/h8-11,17,20-22,24,30H,5-7,12-16,29H2,1-4H3,(H,31,36). The number of hydrogen-bond acceptors (Lipinski definition) is 7. The molecule has 4 unspecified atom stereocenters. The van der Waals surface area contributed by atoms with Gasteiger partial charge in [0.1, 0.15) is 0 Å². The summed E-state index contributed by atoms with van der Waals surface area (Å²) in [6.07, 6.45) is 4.97. The van der Waals surface area contributed by atoms with E-state index in [1.165, 1.54) is 0 Å². The van der Waals surface area contributed by atoms with E-state index in [4.69, 9.17) is 5.73 Å². The topological polar surface area (TPSA) is 125 Å². The highest BCUT2D eigenvalue weighted by molar-refractivity contribution is 6.01. The predicted molar refractivity (Wildman–Crippen MR) is 142 cm³/mol. The van der Waals surface area contributed by atoms with Crippen molar-refractivity contribution >= 4 is 29.1 Å². The molecule has 0 radical (unpaired) electrons. The minimum absolute atomic E-state index is 0.0378. The Labute approximate surface area is 219 Å². The summed E-state index contributed by atoms with van der Waals surface area (Å²) >= 11 is 0. The Balaban J connectivity index is 1.46. The van der Waals surface area contributed by atoms with Gasteiger partial charge in [-0.1, -0.05) is 33.1 Å². The number of Topliss-reactive ketones (excluding diaryl/α,β-unsaturated/α-hetero) is 2. The fourth-order valence-corrected chi connectivity index (χ4v) is 5.99. The van der Waals surface area contributed by atoms with Crippen molar-refractivity contribution in [1.29, 1.82) is 0 Å². The molecule has 2 amide bonds. The summed E-state index contributed by atoms with van der Waals surface area (Å²) in [6, 6.07) is 4.95. The number of nitrogens with two attached hydrogens (primary N) is 1. The van der Waals surface area contributed by atoms with Crippen LogP contribution in [0.25, 0.3) is 0 Å². The first-order valence-corrected chi connectivity index (χ1v) is 13.5. The third-order valence-electron chi connectivity index (χ3n) is 8.09. The molecule has 4 N–H and O–H groups in total. The van der Waals surface area contributed by atoms with Crippen molar-refractivity contribution in [3.8, 4) is 0 Å². The first kappa shape index (κ1) is 27.3. The van der Waals surface area contributed by atoms with Crippen molar-refractivity contribution in [3.05, 3.63) is 29.8 Å². The van der Waals surface area contributed by atoms with Gasteiger partial charge in [0.05, 0.1) is 36.3 Å². The summed E-state index contributed by atoms with van der Waals surface area (Å²) < 4.78 is 0. The summed E-state index contributed by atoms with van der Waals surface area (Å²) in [4.78, 5) is 56.5. The molecule has 2 aliphatic heterocycles. The van der Waals surface area contributed by atoms with E-state index in [-0.39, 0.29) is 41.9 Å². The van der Waals surface area contributed by atoms with Gasteiger partial charge >= 0.3 is 0 Å². The van der Waals surface area contributed by atoms with Gasteiger partial charge in [-0.3, -0.25) is 24.5 Å².